The van der Waals surface area contributed by atoms with Crippen LogP contribution < -0.4 is 14.8 Å². The number of benzene rings is 2. The van der Waals surface area contributed by atoms with Crippen LogP contribution in [0.15, 0.2) is 70.4 Å². The average Bonchev–Trinajstić information content (AvgIpc) is 2.81. The van der Waals surface area contributed by atoms with Crippen molar-refractivity contribution in [2.75, 3.05) is 14.2 Å². The zero-order valence-electron chi connectivity index (χ0n) is 19.4. The summed E-state index contributed by atoms with van der Waals surface area (Å²) in [4.78, 5) is 13.4. The van der Waals surface area contributed by atoms with Crippen LogP contribution in [0, 0.1) is 16.7 Å². The number of hydrogen-bond acceptors (Lipinski definition) is 6. The van der Waals surface area contributed by atoms with Crippen LogP contribution in [0.2, 0.25) is 0 Å². The maximum atomic E-state index is 13.4. The number of nitrogens with zero attached hydrogens (tertiary/aromatic N) is 1. The van der Waals surface area contributed by atoms with E-state index < -0.39 is 5.92 Å². The first-order valence-electron chi connectivity index (χ1n) is 10.9. The average molecular weight is 461 g/mol. The van der Waals surface area contributed by atoms with Gasteiger partial charge in [0.25, 0.3) is 0 Å². The topological polar surface area (TPSA) is 71.3 Å². The predicted molar refractivity (Wildman–Crippen MR) is 131 cm³/mol. The van der Waals surface area contributed by atoms with E-state index in [9.17, 15) is 10.1 Å². The van der Waals surface area contributed by atoms with Crippen LogP contribution in [-0.4, -0.2) is 20.0 Å². The third-order valence-electron chi connectivity index (χ3n) is 6.09. The molecule has 6 heteroatoms. The number of thioether (sulfide) groups is 1. The van der Waals surface area contributed by atoms with E-state index in [1.807, 2.05) is 36.4 Å². The smallest absolute Gasteiger partial charge is 0.162 e. The molecule has 0 saturated carbocycles. The lowest BCUT2D eigenvalue weighted by molar-refractivity contribution is -0.118. The van der Waals surface area contributed by atoms with E-state index in [4.69, 9.17) is 9.47 Å². The Kier molecular flexibility index (Phi) is 6.53. The van der Waals surface area contributed by atoms with Crippen molar-refractivity contribution in [3.63, 3.8) is 0 Å². The maximum Gasteiger partial charge on any atom is 0.162 e. The quantitative estimate of drug-likeness (QED) is 0.596. The summed E-state index contributed by atoms with van der Waals surface area (Å²) in [5, 5.41) is 14.5. The van der Waals surface area contributed by atoms with Crippen LogP contribution in [0.4, 0.5) is 0 Å². The van der Waals surface area contributed by atoms with Crippen LogP contribution in [0.3, 0.4) is 0 Å². The van der Waals surface area contributed by atoms with Crippen LogP contribution in [-0.2, 0) is 10.5 Å². The maximum absolute atomic E-state index is 13.4. The number of nitriles is 1. The molecule has 2 aromatic carbocycles. The molecule has 2 aromatic rings. The third-order valence-corrected chi connectivity index (χ3v) is 7.18. The molecule has 0 spiro atoms. The number of hydrogen-bond donors (Lipinski definition) is 1. The summed E-state index contributed by atoms with van der Waals surface area (Å²) >= 11 is 1.60. The Bertz CT molecular complexity index is 1180. The fourth-order valence-corrected chi connectivity index (χ4v) is 5.60. The van der Waals surface area contributed by atoms with Gasteiger partial charge in [-0.25, -0.2) is 0 Å². The van der Waals surface area contributed by atoms with E-state index in [0.717, 1.165) is 28.5 Å². The molecule has 1 heterocycles. The predicted octanol–water partition coefficient (Wildman–Crippen LogP) is 5.70. The Balaban J connectivity index is 1.81. The summed E-state index contributed by atoms with van der Waals surface area (Å²) in [5.74, 6) is 1.57. The lowest BCUT2D eigenvalue weighted by Crippen LogP contribution is -2.36. The minimum Gasteiger partial charge on any atom is -0.493 e. The van der Waals surface area contributed by atoms with E-state index in [0.29, 0.717) is 29.1 Å². The Hall–Kier alpha value is -3.17. The third kappa shape index (κ3) is 4.65. The Morgan fingerprint density at radius 3 is 2.48 bits per heavy atom. The van der Waals surface area contributed by atoms with Crippen LogP contribution in [0.1, 0.15) is 43.7 Å². The number of dihydropyridines is 1. The number of Topliss-reactive ketones (excluding diaryl/α,β-unsaturated/α-hetero) is 1. The van der Waals surface area contributed by atoms with Crippen molar-refractivity contribution in [2.45, 2.75) is 38.4 Å². The van der Waals surface area contributed by atoms with Crippen molar-refractivity contribution < 1.29 is 14.3 Å². The first-order valence-corrected chi connectivity index (χ1v) is 11.9. The fraction of sp³-hybridized carbons (Fsp3) is 0.333. The molecule has 5 nitrogen and oxygen atoms in total. The summed E-state index contributed by atoms with van der Waals surface area (Å²) < 4.78 is 10.9. The lowest BCUT2D eigenvalue weighted by atomic mass is 9.69. The van der Waals surface area contributed by atoms with E-state index >= 15 is 0 Å². The highest BCUT2D eigenvalue weighted by atomic mass is 32.2. The second-order valence-corrected chi connectivity index (χ2v) is 10.1. The van der Waals surface area contributed by atoms with Gasteiger partial charge in [0, 0.05) is 23.4 Å². The minimum atomic E-state index is -0.437. The molecule has 1 aliphatic carbocycles. The second-order valence-electron chi connectivity index (χ2n) is 9.13. The zero-order chi connectivity index (χ0) is 23.6. The molecule has 0 fully saturated rings. The molecule has 2 aliphatic rings. The SMILES string of the molecule is COc1ccc([C@@H]2C(C#N)=C(SCc3ccccc3)NC3=C2C(=O)CC(C)(C)C3)cc1OC. The molecule has 0 saturated heterocycles. The summed E-state index contributed by atoms with van der Waals surface area (Å²) in [6.07, 6.45) is 1.22. The van der Waals surface area contributed by atoms with Crippen molar-refractivity contribution in [3.8, 4) is 17.6 Å². The van der Waals surface area contributed by atoms with E-state index in [-0.39, 0.29) is 11.2 Å². The number of nitrogens with one attached hydrogen (secondary N) is 1. The Morgan fingerprint density at radius 1 is 1.09 bits per heavy atom. The highest BCUT2D eigenvalue weighted by Gasteiger charge is 2.42. The van der Waals surface area contributed by atoms with Gasteiger partial charge in [-0.05, 0) is 35.1 Å². The number of ether oxygens (including phenoxy) is 2. The summed E-state index contributed by atoms with van der Waals surface area (Å²) in [6, 6.07) is 18.2. The van der Waals surface area contributed by atoms with Gasteiger partial charge in [-0.1, -0.05) is 50.2 Å². The number of allylic oxidation sites excluding steroid dienone is 3. The van der Waals surface area contributed by atoms with Gasteiger partial charge in [0.1, 0.15) is 0 Å². The monoisotopic (exact) mass is 460 g/mol. The zero-order valence-corrected chi connectivity index (χ0v) is 20.2. The molecule has 1 N–H and O–H groups in total. The highest BCUT2D eigenvalue weighted by Crippen LogP contribution is 2.49. The largest absolute Gasteiger partial charge is 0.493 e. The summed E-state index contributed by atoms with van der Waals surface area (Å²) in [6.45, 7) is 4.23. The van der Waals surface area contributed by atoms with E-state index in [2.05, 4.69) is 37.4 Å². The Morgan fingerprint density at radius 2 is 1.82 bits per heavy atom. The molecule has 4 rings (SSSR count). The summed E-state index contributed by atoms with van der Waals surface area (Å²) in [7, 11) is 3.18. The second kappa shape index (κ2) is 9.36. The Labute approximate surface area is 199 Å². The lowest BCUT2D eigenvalue weighted by Gasteiger charge is -2.39. The molecule has 0 aromatic heterocycles. The molecular weight excluding hydrogens is 432 g/mol. The van der Waals surface area contributed by atoms with Crippen molar-refractivity contribution in [3.05, 3.63) is 81.5 Å². The van der Waals surface area contributed by atoms with Crippen molar-refractivity contribution >= 4 is 17.5 Å². The van der Waals surface area contributed by atoms with E-state index in [1.165, 1.54) is 5.56 Å². The standard InChI is InChI=1S/C27H28N2O3S/c1-27(2)13-20-25(21(30)14-27)24(18-10-11-22(31-3)23(12-18)32-4)19(15-28)26(29-20)33-16-17-8-6-5-7-9-17/h5-12,24,29H,13-14,16H2,1-4H3/t24-/m1/s1. The molecule has 33 heavy (non-hydrogen) atoms. The van der Waals surface area contributed by atoms with Gasteiger partial charge in [-0.3, -0.25) is 4.79 Å². The number of methoxy groups -OCH3 is 2. The molecule has 0 amide bonds. The molecule has 170 valence electrons. The molecular formula is C27H28N2O3S. The van der Waals surface area contributed by atoms with Gasteiger partial charge in [0.15, 0.2) is 17.3 Å². The van der Waals surface area contributed by atoms with Crippen molar-refractivity contribution in [1.29, 1.82) is 5.26 Å². The van der Waals surface area contributed by atoms with Crippen LogP contribution in [0.25, 0.3) is 0 Å². The van der Waals surface area contributed by atoms with Crippen molar-refractivity contribution in [1.82, 2.24) is 5.32 Å². The number of ketones is 1. The first kappa shape index (κ1) is 23.0. The normalized spacial score (nSPS) is 19.5. The minimum absolute atomic E-state index is 0.0911. The van der Waals surface area contributed by atoms with Crippen LogP contribution in [0.5, 0.6) is 11.5 Å². The van der Waals surface area contributed by atoms with Gasteiger partial charge in [-0.15, -0.1) is 11.8 Å². The van der Waals surface area contributed by atoms with Gasteiger partial charge in [-0.2, -0.15) is 5.26 Å². The van der Waals surface area contributed by atoms with Gasteiger partial charge < -0.3 is 14.8 Å². The summed E-state index contributed by atoms with van der Waals surface area (Å²) in [5.41, 5.74) is 4.08. The number of rotatable bonds is 6. The first-order chi connectivity index (χ1) is 15.9. The highest BCUT2D eigenvalue weighted by molar-refractivity contribution is 8.02. The van der Waals surface area contributed by atoms with Gasteiger partial charge >= 0.3 is 0 Å². The van der Waals surface area contributed by atoms with E-state index in [1.54, 1.807) is 26.0 Å². The molecule has 0 bridgehead atoms. The molecule has 0 radical (unpaired) electrons. The molecule has 0 unspecified atom stereocenters. The van der Waals surface area contributed by atoms with Gasteiger partial charge in [0.2, 0.25) is 0 Å². The fourth-order valence-electron chi connectivity index (χ4n) is 4.59. The van der Waals surface area contributed by atoms with Gasteiger partial charge in [0.05, 0.1) is 36.8 Å². The molecule has 1 aliphatic heterocycles. The molecule has 1 atom stereocenters. The number of carbonyl (C=O) groups excluding carboxylic acids is 1. The van der Waals surface area contributed by atoms with Crippen molar-refractivity contribution in [2.24, 2.45) is 5.41 Å². The number of carbonyl (C=O) groups is 1. The van der Waals surface area contributed by atoms with Crippen LogP contribution >= 0.6 is 11.8 Å².